The molecular formula is C17H25N5O2. The molecule has 1 atom stereocenters. The van der Waals surface area contributed by atoms with Crippen LogP contribution in [0.1, 0.15) is 54.6 Å². The molecule has 1 N–H and O–H groups in total. The molecule has 24 heavy (non-hydrogen) atoms. The molecule has 0 radical (unpaired) electrons. The van der Waals surface area contributed by atoms with Crippen molar-refractivity contribution in [2.45, 2.75) is 45.7 Å². The Bertz CT molecular complexity index is 659. The van der Waals surface area contributed by atoms with Crippen LogP contribution in [0.5, 0.6) is 0 Å². The molecule has 1 aliphatic rings. The van der Waals surface area contributed by atoms with Gasteiger partial charge in [0, 0.05) is 25.1 Å². The number of rotatable bonds is 7. The molecule has 130 valence electrons. The van der Waals surface area contributed by atoms with E-state index in [2.05, 4.69) is 27.2 Å². The van der Waals surface area contributed by atoms with Crippen molar-refractivity contribution in [3.63, 3.8) is 0 Å². The van der Waals surface area contributed by atoms with Crippen LogP contribution in [0, 0.1) is 0 Å². The maximum atomic E-state index is 12.4. The molecule has 1 saturated heterocycles. The molecule has 2 aromatic heterocycles. The second-order valence-corrected chi connectivity index (χ2v) is 6.33. The molecule has 0 aliphatic carbocycles. The van der Waals surface area contributed by atoms with Crippen molar-refractivity contribution < 1.29 is 9.21 Å². The number of hydrogen-bond acceptors (Lipinski definition) is 5. The predicted molar refractivity (Wildman–Crippen MR) is 89.7 cm³/mol. The van der Waals surface area contributed by atoms with Crippen LogP contribution in [0.25, 0.3) is 0 Å². The second kappa shape index (κ2) is 7.61. The SMILES string of the molecule is CCc1oc(C(=O)NC[C@H](C)n2cncn2)cc1CN1CCCC1. The Hall–Kier alpha value is -2.15. The topological polar surface area (TPSA) is 76.2 Å². The van der Waals surface area contributed by atoms with Gasteiger partial charge in [-0.1, -0.05) is 6.92 Å². The van der Waals surface area contributed by atoms with Crippen LogP contribution in [0.15, 0.2) is 23.1 Å². The molecule has 3 heterocycles. The highest BCUT2D eigenvalue weighted by Gasteiger charge is 2.20. The van der Waals surface area contributed by atoms with Gasteiger partial charge in [0.25, 0.3) is 5.91 Å². The number of hydrogen-bond donors (Lipinski definition) is 1. The number of likely N-dealkylation sites (tertiary alicyclic amines) is 1. The minimum atomic E-state index is -0.177. The van der Waals surface area contributed by atoms with Crippen LogP contribution < -0.4 is 5.32 Å². The summed E-state index contributed by atoms with van der Waals surface area (Å²) in [6.45, 7) is 7.64. The highest BCUT2D eigenvalue weighted by molar-refractivity contribution is 5.91. The first-order chi connectivity index (χ1) is 11.7. The maximum absolute atomic E-state index is 12.4. The van der Waals surface area contributed by atoms with Crippen LogP contribution >= 0.6 is 0 Å². The van der Waals surface area contributed by atoms with Crippen LogP contribution in [-0.2, 0) is 13.0 Å². The van der Waals surface area contributed by atoms with Crippen molar-refractivity contribution >= 4 is 5.91 Å². The minimum Gasteiger partial charge on any atom is -0.456 e. The Labute approximate surface area is 142 Å². The average Bonchev–Trinajstić information content (AvgIpc) is 3.33. The van der Waals surface area contributed by atoms with Gasteiger partial charge in [0.05, 0.1) is 6.04 Å². The van der Waals surface area contributed by atoms with Gasteiger partial charge in [-0.15, -0.1) is 0 Å². The lowest BCUT2D eigenvalue weighted by Gasteiger charge is -2.13. The Morgan fingerprint density at radius 1 is 1.42 bits per heavy atom. The molecule has 0 bridgehead atoms. The normalized spacial score (nSPS) is 16.4. The van der Waals surface area contributed by atoms with E-state index in [9.17, 15) is 4.79 Å². The Balaban J connectivity index is 1.60. The largest absolute Gasteiger partial charge is 0.456 e. The smallest absolute Gasteiger partial charge is 0.287 e. The van der Waals surface area contributed by atoms with Crippen molar-refractivity contribution in [1.29, 1.82) is 0 Å². The number of nitrogens with one attached hydrogen (secondary N) is 1. The van der Waals surface area contributed by atoms with Crippen molar-refractivity contribution in [1.82, 2.24) is 25.0 Å². The number of furan rings is 1. The fourth-order valence-corrected chi connectivity index (χ4v) is 3.06. The van der Waals surface area contributed by atoms with E-state index in [0.717, 1.165) is 37.4 Å². The van der Waals surface area contributed by atoms with E-state index < -0.39 is 0 Å². The summed E-state index contributed by atoms with van der Waals surface area (Å²) in [6.07, 6.45) is 6.45. The quantitative estimate of drug-likeness (QED) is 0.840. The molecule has 1 aliphatic heterocycles. The van der Waals surface area contributed by atoms with Crippen molar-refractivity contribution in [2.75, 3.05) is 19.6 Å². The van der Waals surface area contributed by atoms with Crippen LogP contribution in [0.4, 0.5) is 0 Å². The van der Waals surface area contributed by atoms with Crippen molar-refractivity contribution in [2.24, 2.45) is 0 Å². The van der Waals surface area contributed by atoms with Crippen LogP contribution in [0.2, 0.25) is 0 Å². The first-order valence-electron chi connectivity index (χ1n) is 8.63. The van der Waals surface area contributed by atoms with Gasteiger partial charge in [0.15, 0.2) is 5.76 Å². The third kappa shape index (κ3) is 3.84. The highest BCUT2D eigenvalue weighted by atomic mass is 16.4. The third-order valence-corrected chi connectivity index (χ3v) is 4.48. The Morgan fingerprint density at radius 2 is 2.21 bits per heavy atom. The first kappa shape index (κ1) is 16.7. The summed E-state index contributed by atoms with van der Waals surface area (Å²) in [7, 11) is 0. The molecule has 2 aromatic rings. The van der Waals surface area contributed by atoms with Gasteiger partial charge in [-0.05, 0) is 38.9 Å². The zero-order valence-corrected chi connectivity index (χ0v) is 14.4. The fraction of sp³-hybridized carbons (Fsp3) is 0.588. The fourth-order valence-electron chi connectivity index (χ4n) is 3.06. The summed E-state index contributed by atoms with van der Waals surface area (Å²) in [5.74, 6) is 1.13. The van der Waals surface area contributed by atoms with Crippen molar-refractivity contribution in [3.05, 3.63) is 35.8 Å². The molecule has 0 unspecified atom stereocenters. The third-order valence-electron chi connectivity index (χ3n) is 4.48. The molecule has 1 fully saturated rings. The van der Waals surface area contributed by atoms with Gasteiger partial charge in [0.1, 0.15) is 18.4 Å². The summed E-state index contributed by atoms with van der Waals surface area (Å²) in [5.41, 5.74) is 1.13. The zero-order chi connectivity index (χ0) is 16.9. The summed E-state index contributed by atoms with van der Waals surface area (Å²) in [5, 5.41) is 6.99. The molecule has 3 rings (SSSR count). The van der Waals surface area contributed by atoms with Crippen molar-refractivity contribution in [3.8, 4) is 0 Å². The van der Waals surface area contributed by atoms with E-state index >= 15 is 0 Å². The van der Waals surface area contributed by atoms with E-state index in [4.69, 9.17) is 4.42 Å². The minimum absolute atomic E-state index is 0.0427. The lowest BCUT2D eigenvalue weighted by atomic mass is 10.2. The van der Waals surface area contributed by atoms with E-state index in [0.29, 0.717) is 12.3 Å². The standard InChI is InChI=1S/C17H25N5O2/c1-3-15-14(10-21-6-4-5-7-21)8-16(24-15)17(23)19-9-13(2)22-12-18-11-20-22/h8,11-13H,3-7,9-10H2,1-2H3,(H,19,23)/t13-/m0/s1. The number of aromatic nitrogens is 3. The Kier molecular flexibility index (Phi) is 5.30. The summed E-state index contributed by atoms with van der Waals surface area (Å²) < 4.78 is 7.51. The molecule has 0 aromatic carbocycles. The Morgan fingerprint density at radius 3 is 2.88 bits per heavy atom. The number of aryl methyl sites for hydroxylation is 1. The van der Waals surface area contributed by atoms with Gasteiger partial charge in [-0.2, -0.15) is 5.10 Å². The lowest BCUT2D eigenvalue weighted by molar-refractivity contribution is 0.0918. The highest BCUT2D eigenvalue weighted by Crippen LogP contribution is 2.20. The first-order valence-corrected chi connectivity index (χ1v) is 8.63. The molecule has 0 saturated carbocycles. The summed E-state index contributed by atoms with van der Waals surface area (Å²) >= 11 is 0. The average molecular weight is 331 g/mol. The number of carbonyl (C=O) groups excluding carboxylic acids is 1. The van der Waals surface area contributed by atoms with Crippen LogP contribution in [-0.4, -0.2) is 45.2 Å². The number of carbonyl (C=O) groups is 1. The van der Waals surface area contributed by atoms with Gasteiger partial charge in [0.2, 0.25) is 0 Å². The molecular weight excluding hydrogens is 306 g/mol. The van der Waals surface area contributed by atoms with Gasteiger partial charge >= 0.3 is 0 Å². The molecule has 7 nitrogen and oxygen atoms in total. The van der Waals surface area contributed by atoms with Gasteiger partial charge < -0.3 is 9.73 Å². The van der Waals surface area contributed by atoms with E-state index in [1.54, 1.807) is 11.0 Å². The monoisotopic (exact) mass is 331 g/mol. The van der Waals surface area contributed by atoms with E-state index in [1.165, 1.54) is 19.2 Å². The maximum Gasteiger partial charge on any atom is 0.287 e. The molecule has 0 spiro atoms. The summed E-state index contributed by atoms with van der Waals surface area (Å²) in [4.78, 5) is 18.7. The summed E-state index contributed by atoms with van der Waals surface area (Å²) in [6, 6.07) is 1.94. The molecule has 7 heteroatoms. The van der Waals surface area contributed by atoms with Gasteiger partial charge in [-0.25, -0.2) is 9.67 Å². The zero-order valence-electron chi connectivity index (χ0n) is 14.4. The van der Waals surface area contributed by atoms with E-state index in [1.807, 2.05) is 13.0 Å². The number of amides is 1. The lowest BCUT2D eigenvalue weighted by Crippen LogP contribution is -2.29. The van der Waals surface area contributed by atoms with E-state index in [-0.39, 0.29) is 11.9 Å². The van der Waals surface area contributed by atoms with Crippen LogP contribution in [0.3, 0.4) is 0 Å². The second-order valence-electron chi connectivity index (χ2n) is 6.33. The predicted octanol–water partition coefficient (Wildman–Crippen LogP) is 2.02. The molecule has 1 amide bonds. The number of nitrogens with zero attached hydrogens (tertiary/aromatic N) is 4. The van der Waals surface area contributed by atoms with Gasteiger partial charge in [-0.3, -0.25) is 9.69 Å².